The molecule has 1 saturated carbocycles. The number of rotatable bonds is 6. The molecule has 1 heterocycles. The van der Waals surface area contributed by atoms with Crippen LogP contribution in [0.3, 0.4) is 0 Å². The molecule has 9 heteroatoms. The Balaban J connectivity index is 1.53. The van der Waals surface area contributed by atoms with E-state index >= 15 is 0 Å². The van der Waals surface area contributed by atoms with Gasteiger partial charge >= 0.3 is 12.0 Å². The van der Waals surface area contributed by atoms with Crippen molar-refractivity contribution >= 4 is 41.1 Å². The number of halogens is 1. The number of hydrogen-bond donors (Lipinski definition) is 2. The van der Waals surface area contributed by atoms with Crippen molar-refractivity contribution in [2.45, 2.75) is 39.2 Å². The van der Waals surface area contributed by atoms with E-state index in [1.54, 1.807) is 19.9 Å². The number of benzene rings is 1. The molecule has 1 atom stereocenters. The summed E-state index contributed by atoms with van der Waals surface area (Å²) in [5.41, 5.74) is 1.22. The lowest BCUT2D eigenvalue weighted by Gasteiger charge is -2.20. The number of amides is 4. The summed E-state index contributed by atoms with van der Waals surface area (Å²) < 4.78 is 4.91. The number of nitrogens with one attached hydrogen (secondary N) is 2. The standard InChI is InChI=1S/C19H22ClN3O5/c1-10-6-11(2)16(13(20)7-10)21-14(24)9-28-15(25)8-23-17(26)19(3,12-4-5-12)22-18(23)27/h6-7,12H,4-5,8-9H2,1-3H3,(H,21,24)(H,22,27)/t19-/m0/s1. The monoisotopic (exact) mass is 407 g/mol. The van der Waals surface area contributed by atoms with E-state index in [4.69, 9.17) is 16.3 Å². The Kier molecular flexibility index (Phi) is 5.34. The van der Waals surface area contributed by atoms with Crippen molar-refractivity contribution in [2.75, 3.05) is 18.5 Å². The second-order valence-corrected chi connectivity index (χ2v) is 7.85. The Morgan fingerprint density at radius 2 is 2.00 bits per heavy atom. The van der Waals surface area contributed by atoms with Gasteiger partial charge in [-0.2, -0.15) is 0 Å². The van der Waals surface area contributed by atoms with Gasteiger partial charge in [0.15, 0.2) is 6.61 Å². The van der Waals surface area contributed by atoms with Gasteiger partial charge in [-0.1, -0.05) is 17.7 Å². The number of carbonyl (C=O) groups is 4. The van der Waals surface area contributed by atoms with Crippen molar-refractivity contribution in [3.63, 3.8) is 0 Å². The van der Waals surface area contributed by atoms with E-state index < -0.39 is 42.5 Å². The molecule has 0 spiro atoms. The summed E-state index contributed by atoms with van der Waals surface area (Å²) in [6, 6.07) is 2.95. The molecular formula is C19H22ClN3O5. The van der Waals surface area contributed by atoms with Crippen molar-refractivity contribution in [2.24, 2.45) is 5.92 Å². The van der Waals surface area contributed by atoms with Gasteiger partial charge in [-0.25, -0.2) is 4.79 Å². The van der Waals surface area contributed by atoms with E-state index in [0.717, 1.165) is 28.9 Å². The molecule has 2 fully saturated rings. The van der Waals surface area contributed by atoms with Gasteiger partial charge in [0.1, 0.15) is 12.1 Å². The Bertz CT molecular complexity index is 844. The number of esters is 1. The van der Waals surface area contributed by atoms with E-state index in [9.17, 15) is 19.2 Å². The number of ether oxygens (including phenoxy) is 1. The number of imide groups is 1. The Labute approximate surface area is 167 Å². The minimum absolute atomic E-state index is 0.0956. The van der Waals surface area contributed by atoms with E-state index in [1.807, 2.05) is 13.0 Å². The third-order valence-electron chi connectivity index (χ3n) is 5.04. The Hall–Kier alpha value is -2.61. The Morgan fingerprint density at radius 1 is 1.32 bits per heavy atom. The van der Waals surface area contributed by atoms with E-state index in [2.05, 4.69) is 10.6 Å². The molecule has 0 radical (unpaired) electrons. The van der Waals surface area contributed by atoms with Crippen LogP contribution in [0.4, 0.5) is 10.5 Å². The van der Waals surface area contributed by atoms with Crippen molar-refractivity contribution < 1.29 is 23.9 Å². The fraction of sp³-hybridized carbons (Fsp3) is 0.474. The normalized spacial score (nSPS) is 21.5. The van der Waals surface area contributed by atoms with Crippen LogP contribution in [0.15, 0.2) is 12.1 Å². The molecule has 2 N–H and O–H groups in total. The van der Waals surface area contributed by atoms with Gasteiger partial charge in [-0.15, -0.1) is 0 Å². The molecule has 150 valence electrons. The number of carbonyl (C=O) groups excluding carboxylic acids is 4. The van der Waals surface area contributed by atoms with Crippen molar-refractivity contribution in [1.82, 2.24) is 10.2 Å². The quantitative estimate of drug-likeness (QED) is 0.555. The maximum absolute atomic E-state index is 12.5. The molecule has 1 aliphatic heterocycles. The zero-order chi connectivity index (χ0) is 20.6. The zero-order valence-corrected chi connectivity index (χ0v) is 16.7. The van der Waals surface area contributed by atoms with Gasteiger partial charge in [-0.3, -0.25) is 19.3 Å². The average molecular weight is 408 g/mol. The fourth-order valence-electron chi connectivity index (χ4n) is 3.37. The molecule has 2 aliphatic rings. The van der Waals surface area contributed by atoms with E-state index in [-0.39, 0.29) is 5.92 Å². The smallest absolute Gasteiger partial charge is 0.326 e. The Morgan fingerprint density at radius 3 is 2.61 bits per heavy atom. The minimum atomic E-state index is -0.964. The van der Waals surface area contributed by atoms with Crippen LogP contribution in [0.5, 0.6) is 0 Å². The highest BCUT2D eigenvalue weighted by molar-refractivity contribution is 6.34. The summed E-state index contributed by atoms with van der Waals surface area (Å²) in [6.07, 6.45) is 1.73. The topological polar surface area (TPSA) is 105 Å². The lowest BCUT2D eigenvalue weighted by atomic mass is 9.96. The third kappa shape index (κ3) is 3.96. The van der Waals surface area contributed by atoms with Crippen LogP contribution in [-0.2, 0) is 19.1 Å². The van der Waals surface area contributed by atoms with Gasteiger partial charge < -0.3 is 15.4 Å². The summed E-state index contributed by atoms with van der Waals surface area (Å²) in [5.74, 6) is -1.76. The van der Waals surface area contributed by atoms with Gasteiger partial charge in [0, 0.05) is 0 Å². The van der Waals surface area contributed by atoms with Crippen molar-refractivity contribution in [3.05, 3.63) is 28.3 Å². The SMILES string of the molecule is Cc1cc(C)c(NC(=O)COC(=O)CN2C(=O)N[C@@](C)(C3CC3)C2=O)c(Cl)c1. The maximum atomic E-state index is 12.5. The number of urea groups is 1. The van der Waals surface area contributed by atoms with Gasteiger partial charge in [-0.05, 0) is 56.7 Å². The third-order valence-corrected chi connectivity index (χ3v) is 5.34. The van der Waals surface area contributed by atoms with Crippen molar-refractivity contribution in [1.29, 1.82) is 0 Å². The molecule has 8 nitrogen and oxygen atoms in total. The summed E-state index contributed by atoms with van der Waals surface area (Å²) in [4.78, 5) is 49.4. The predicted molar refractivity (Wildman–Crippen MR) is 102 cm³/mol. The first-order valence-corrected chi connectivity index (χ1v) is 9.36. The van der Waals surface area contributed by atoms with Crippen LogP contribution < -0.4 is 10.6 Å². The lowest BCUT2D eigenvalue weighted by molar-refractivity contribution is -0.150. The average Bonchev–Trinajstić information content (AvgIpc) is 3.42. The highest BCUT2D eigenvalue weighted by Gasteiger charge is 2.56. The van der Waals surface area contributed by atoms with E-state index in [0.29, 0.717) is 10.7 Å². The first-order chi connectivity index (χ1) is 13.1. The van der Waals surface area contributed by atoms with Gasteiger partial charge in [0.2, 0.25) is 0 Å². The lowest BCUT2D eigenvalue weighted by Crippen LogP contribution is -2.46. The molecule has 3 rings (SSSR count). The van der Waals surface area contributed by atoms with Crippen LogP contribution in [0.1, 0.15) is 30.9 Å². The zero-order valence-electron chi connectivity index (χ0n) is 15.9. The maximum Gasteiger partial charge on any atom is 0.326 e. The number of aryl methyl sites for hydroxylation is 2. The van der Waals surface area contributed by atoms with Crippen LogP contribution in [0, 0.1) is 19.8 Å². The fourth-order valence-corrected chi connectivity index (χ4v) is 3.74. The first kappa shape index (κ1) is 20.1. The second kappa shape index (κ2) is 7.43. The predicted octanol–water partition coefficient (Wildman–Crippen LogP) is 2.16. The molecule has 4 amide bonds. The summed E-state index contributed by atoms with van der Waals surface area (Å²) in [7, 11) is 0. The van der Waals surface area contributed by atoms with Crippen LogP contribution >= 0.6 is 11.6 Å². The molecule has 28 heavy (non-hydrogen) atoms. The highest BCUT2D eigenvalue weighted by Crippen LogP contribution is 2.42. The number of anilines is 1. The largest absolute Gasteiger partial charge is 0.454 e. The van der Waals surface area contributed by atoms with Crippen LogP contribution in [-0.4, -0.2) is 47.4 Å². The molecule has 0 bridgehead atoms. The molecular weight excluding hydrogens is 386 g/mol. The summed E-state index contributed by atoms with van der Waals surface area (Å²) in [6.45, 7) is 4.26. The second-order valence-electron chi connectivity index (χ2n) is 7.45. The van der Waals surface area contributed by atoms with Crippen LogP contribution in [0.2, 0.25) is 5.02 Å². The van der Waals surface area contributed by atoms with E-state index in [1.165, 1.54) is 0 Å². The number of nitrogens with zero attached hydrogens (tertiary/aromatic N) is 1. The van der Waals surface area contributed by atoms with Gasteiger partial charge in [0.25, 0.3) is 11.8 Å². The number of hydrogen-bond acceptors (Lipinski definition) is 5. The highest BCUT2D eigenvalue weighted by atomic mass is 35.5. The molecule has 0 aromatic heterocycles. The molecule has 1 aliphatic carbocycles. The molecule has 1 aromatic carbocycles. The summed E-state index contributed by atoms with van der Waals surface area (Å²) >= 11 is 6.13. The van der Waals surface area contributed by atoms with Crippen LogP contribution in [0.25, 0.3) is 0 Å². The summed E-state index contributed by atoms with van der Waals surface area (Å²) in [5, 5.41) is 5.63. The van der Waals surface area contributed by atoms with Crippen molar-refractivity contribution in [3.8, 4) is 0 Å². The molecule has 1 saturated heterocycles. The van der Waals surface area contributed by atoms with Gasteiger partial charge in [0.05, 0.1) is 10.7 Å². The minimum Gasteiger partial charge on any atom is -0.454 e. The molecule has 1 aromatic rings. The first-order valence-electron chi connectivity index (χ1n) is 8.98. The molecule has 0 unspecified atom stereocenters.